The van der Waals surface area contributed by atoms with Gasteiger partial charge < -0.3 is 18.9 Å². The summed E-state index contributed by atoms with van der Waals surface area (Å²) in [5, 5.41) is 0. The molecular formula is C15H16NNaO5. The second-order valence-electron chi connectivity index (χ2n) is 4.01. The van der Waals surface area contributed by atoms with E-state index in [1.807, 2.05) is 0 Å². The average molecular weight is 313 g/mol. The summed E-state index contributed by atoms with van der Waals surface area (Å²) in [6.07, 6.45) is 0. The number of methoxy groups -OCH3 is 3. The minimum absolute atomic E-state index is 0. The molecule has 0 aliphatic carbocycles. The molecule has 7 heteroatoms. The predicted molar refractivity (Wildman–Crippen MR) is 82.4 cm³/mol. The van der Waals surface area contributed by atoms with Crippen molar-refractivity contribution in [3.63, 3.8) is 0 Å². The maximum atomic E-state index is 12.0. The van der Waals surface area contributed by atoms with Crippen LogP contribution in [0.4, 0.5) is 0 Å². The van der Waals surface area contributed by atoms with Crippen LogP contribution in [0, 0.1) is 0 Å². The summed E-state index contributed by atoms with van der Waals surface area (Å²) < 4.78 is 20.3. The third-order valence-corrected chi connectivity index (χ3v) is 2.72. The van der Waals surface area contributed by atoms with E-state index in [2.05, 4.69) is 4.98 Å². The van der Waals surface area contributed by atoms with Gasteiger partial charge in [0.05, 0.1) is 26.9 Å². The Morgan fingerprint density at radius 2 is 1.45 bits per heavy atom. The number of benzene rings is 1. The molecule has 0 N–H and O–H groups in total. The molecule has 22 heavy (non-hydrogen) atoms. The molecule has 1 heterocycles. The first-order chi connectivity index (χ1) is 10.2. The number of rotatable bonds is 5. The van der Waals surface area contributed by atoms with Crippen molar-refractivity contribution < 1.29 is 23.7 Å². The van der Waals surface area contributed by atoms with Crippen LogP contribution < -0.4 is 18.9 Å². The second-order valence-corrected chi connectivity index (χ2v) is 4.01. The van der Waals surface area contributed by atoms with Crippen molar-refractivity contribution in [1.82, 2.24) is 4.98 Å². The molecule has 0 amide bonds. The van der Waals surface area contributed by atoms with Gasteiger partial charge in [-0.3, -0.25) is 0 Å². The predicted octanol–water partition coefficient (Wildman–Crippen LogP) is 1.68. The van der Waals surface area contributed by atoms with Gasteiger partial charge in [-0.2, -0.15) is 4.98 Å². The van der Waals surface area contributed by atoms with E-state index in [0.717, 1.165) is 0 Å². The Morgan fingerprint density at radius 3 is 2.00 bits per heavy atom. The van der Waals surface area contributed by atoms with E-state index in [9.17, 15) is 4.79 Å². The topological polar surface area (TPSA) is 66.9 Å². The molecular weight excluding hydrogens is 297 g/mol. The fraction of sp³-hybridized carbons (Fsp3) is 0.200. The summed E-state index contributed by atoms with van der Waals surface area (Å²) >= 11 is 0. The molecule has 1 aromatic carbocycles. The Bertz CT molecular complexity index is 608. The Morgan fingerprint density at radius 1 is 0.864 bits per heavy atom. The first kappa shape index (κ1) is 18.3. The number of carbonyl (C=O) groups is 1. The van der Waals surface area contributed by atoms with Gasteiger partial charge in [0, 0.05) is 12.1 Å². The number of aromatic nitrogens is 1. The molecule has 2 aromatic rings. The van der Waals surface area contributed by atoms with E-state index in [-0.39, 0.29) is 35.4 Å². The van der Waals surface area contributed by atoms with Gasteiger partial charge in [0.25, 0.3) is 0 Å². The van der Waals surface area contributed by atoms with E-state index >= 15 is 0 Å². The monoisotopic (exact) mass is 313 g/mol. The number of carbonyl (C=O) groups excluding carboxylic acids is 1. The molecule has 0 spiro atoms. The summed E-state index contributed by atoms with van der Waals surface area (Å²) in [6, 6.07) is 9.66. The van der Waals surface area contributed by atoms with Gasteiger partial charge in [0.15, 0.2) is 0 Å². The summed E-state index contributed by atoms with van der Waals surface area (Å²) in [7, 11) is 4.53. The third-order valence-electron chi connectivity index (χ3n) is 2.72. The zero-order chi connectivity index (χ0) is 15.2. The second kappa shape index (κ2) is 8.63. The van der Waals surface area contributed by atoms with E-state index in [1.165, 1.54) is 20.3 Å². The van der Waals surface area contributed by atoms with Crippen LogP contribution in [-0.2, 0) is 0 Å². The van der Waals surface area contributed by atoms with E-state index < -0.39 is 5.97 Å². The molecule has 0 atom stereocenters. The number of pyridine rings is 1. The third kappa shape index (κ3) is 4.62. The van der Waals surface area contributed by atoms with Gasteiger partial charge in [-0.1, -0.05) is 0 Å². The van der Waals surface area contributed by atoms with Crippen LogP contribution in [0.5, 0.6) is 23.3 Å². The molecule has 0 saturated heterocycles. The number of ether oxygens (including phenoxy) is 4. The zero-order valence-electron chi connectivity index (χ0n) is 12.0. The van der Waals surface area contributed by atoms with Crippen molar-refractivity contribution in [3.05, 3.63) is 42.0 Å². The fourth-order valence-electron chi connectivity index (χ4n) is 1.61. The molecule has 0 saturated carbocycles. The molecule has 6 nitrogen and oxygen atoms in total. The molecule has 0 aliphatic rings. The molecule has 112 valence electrons. The number of esters is 1. The molecule has 0 radical (unpaired) electrons. The summed E-state index contributed by atoms with van der Waals surface area (Å²) in [4.78, 5) is 16.1. The van der Waals surface area contributed by atoms with Gasteiger partial charge in [0.2, 0.25) is 11.8 Å². The van der Waals surface area contributed by atoms with Gasteiger partial charge >= 0.3 is 35.5 Å². The molecule has 1 aromatic heterocycles. The Balaban J connectivity index is 0.00000242. The summed E-state index contributed by atoms with van der Waals surface area (Å²) in [5.74, 6) is 1.02. The van der Waals surface area contributed by atoms with Gasteiger partial charge in [-0.25, -0.2) is 4.79 Å². The van der Waals surface area contributed by atoms with Gasteiger partial charge in [-0.15, -0.1) is 0 Å². The zero-order valence-corrected chi connectivity index (χ0v) is 12.0. The first-order valence-corrected chi connectivity index (χ1v) is 6.12. The van der Waals surface area contributed by atoms with Gasteiger partial charge in [-0.05, 0) is 24.3 Å². The number of nitrogens with zero attached hydrogens (tertiary/aromatic N) is 1. The first-order valence-electron chi connectivity index (χ1n) is 6.12. The standard InChI is InChI=1S/C15H15NO5.Na.H/c1-18-11-6-4-10(5-7-11)15(17)21-14-9-12(19-2)8-13(16-14)20-3;;/h4-9H,1-3H3;;. The van der Waals surface area contributed by atoms with Crippen molar-refractivity contribution in [2.24, 2.45) is 0 Å². The molecule has 0 aliphatic heterocycles. The number of hydrogen-bond acceptors (Lipinski definition) is 6. The van der Waals surface area contributed by atoms with Crippen LogP contribution in [-0.4, -0.2) is 61.8 Å². The van der Waals surface area contributed by atoms with Crippen molar-refractivity contribution in [2.45, 2.75) is 0 Å². The van der Waals surface area contributed by atoms with Crippen molar-refractivity contribution in [3.8, 4) is 23.3 Å². The molecule has 2 rings (SSSR count). The van der Waals surface area contributed by atoms with Gasteiger partial charge in [0.1, 0.15) is 11.5 Å². The maximum absolute atomic E-state index is 12.0. The Hall–Kier alpha value is -1.76. The van der Waals surface area contributed by atoms with E-state index in [1.54, 1.807) is 37.4 Å². The van der Waals surface area contributed by atoms with E-state index in [0.29, 0.717) is 22.9 Å². The average Bonchev–Trinajstić information content (AvgIpc) is 2.54. The van der Waals surface area contributed by atoms with Crippen LogP contribution in [0.25, 0.3) is 0 Å². The normalized spacial score (nSPS) is 9.41. The molecule has 0 unspecified atom stereocenters. The van der Waals surface area contributed by atoms with Crippen LogP contribution in [0.3, 0.4) is 0 Å². The summed E-state index contributed by atoms with van der Waals surface area (Å²) in [5.41, 5.74) is 0.388. The molecule has 0 fully saturated rings. The summed E-state index contributed by atoms with van der Waals surface area (Å²) in [6.45, 7) is 0. The van der Waals surface area contributed by atoms with Crippen LogP contribution in [0.1, 0.15) is 10.4 Å². The van der Waals surface area contributed by atoms with Crippen LogP contribution in [0.15, 0.2) is 36.4 Å². The van der Waals surface area contributed by atoms with E-state index in [4.69, 9.17) is 18.9 Å². The number of hydrogen-bond donors (Lipinski definition) is 0. The minimum atomic E-state index is -0.527. The quantitative estimate of drug-likeness (QED) is 0.618. The van der Waals surface area contributed by atoms with Crippen molar-refractivity contribution in [1.29, 1.82) is 0 Å². The van der Waals surface area contributed by atoms with Crippen molar-refractivity contribution in [2.75, 3.05) is 21.3 Å². The van der Waals surface area contributed by atoms with Crippen LogP contribution >= 0.6 is 0 Å². The SMILES string of the molecule is COc1ccc(C(=O)Oc2cc(OC)cc(OC)n2)cc1.[NaH]. The van der Waals surface area contributed by atoms with Crippen molar-refractivity contribution >= 4 is 35.5 Å². The fourth-order valence-corrected chi connectivity index (χ4v) is 1.61. The Labute approximate surface area is 150 Å². The molecule has 0 bridgehead atoms. The Kier molecular flexibility index (Phi) is 7.17. The van der Waals surface area contributed by atoms with Crippen LogP contribution in [0.2, 0.25) is 0 Å².